The average Bonchev–Trinajstić information content (AvgIpc) is 2.97. The minimum atomic E-state index is -0.183. The molecular formula is C31H29N3O4S. The molecule has 0 atom stereocenters. The number of benzene rings is 3. The predicted octanol–water partition coefficient (Wildman–Crippen LogP) is 6.74. The van der Waals surface area contributed by atoms with Crippen molar-refractivity contribution in [1.29, 1.82) is 5.26 Å². The molecule has 1 aromatic heterocycles. The number of hydrogen-bond acceptors (Lipinski definition) is 7. The molecule has 3 aromatic carbocycles. The van der Waals surface area contributed by atoms with Crippen molar-refractivity contribution in [2.45, 2.75) is 18.4 Å². The Morgan fingerprint density at radius 3 is 2.21 bits per heavy atom. The average molecular weight is 540 g/mol. The molecule has 1 N–H and O–H groups in total. The van der Waals surface area contributed by atoms with Crippen molar-refractivity contribution in [3.63, 3.8) is 0 Å². The van der Waals surface area contributed by atoms with Crippen LogP contribution in [0.25, 0.3) is 22.4 Å². The fourth-order valence-electron chi connectivity index (χ4n) is 3.97. The molecule has 7 nitrogen and oxygen atoms in total. The van der Waals surface area contributed by atoms with Crippen LogP contribution in [-0.2, 0) is 4.79 Å². The first-order chi connectivity index (χ1) is 18.9. The van der Waals surface area contributed by atoms with E-state index in [0.717, 1.165) is 33.7 Å². The van der Waals surface area contributed by atoms with Crippen LogP contribution in [0.2, 0.25) is 0 Å². The molecule has 39 heavy (non-hydrogen) atoms. The Bertz CT molecular complexity index is 1500. The third-order valence-corrected chi connectivity index (χ3v) is 7.07. The van der Waals surface area contributed by atoms with Gasteiger partial charge in [0.15, 0.2) is 0 Å². The van der Waals surface area contributed by atoms with Gasteiger partial charge in [0.25, 0.3) is 0 Å². The maximum atomic E-state index is 12.8. The van der Waals surface area contributed by atoms with E-state index >= 15 is 0 Å². The van der Waals surface area contributed by atoms with E-state index in [4.69, 9.17) is 19.2 Å². The number of methoxy groups -OCH3 is 3. The lowest BCUT2D eigenvalue weighted by molar-refractivity contribution is -0.115. The highest BCUT2D eigenvalue weighted by Gasteiger charge is 2.17. The van der Waals surface area contributed by atoms with Crippen molar-refractivity contribution in [3.05, 3.63) is 83.9 Å². The summed E-state index contributed by atoms with van der Waals surface area (Å²) in [5.41, 5.74) is 5.51. The lowest BCUT2D eigenvalue weighted by Crippen LogP contribution is -2.13. The van der Waals surface area contributed by atoms with Crippen LogP contribution in [0.4, 0.5) is 5.69 Å². The van der Waals surface area contributed by atoms with Gasteiger partial charge < -0.3 is 19.5 Å². The zero-order chi connectivity index (χ0) is 27.8. The molecule has 0 radical (unpaired) electrons. The van der Waals surface area contributed by atoms with Crippen molar-refractivity contribution in [2.75, 3.05) is 32.4 Å². The normalized spacial score (nSPS) is 10.4. The number of nitrogens with zero attached hydrogens (tertiary/aromatic N) is 2. The van der Waals surface area contributed by atoms with Gasteiger partial charge in [0, 0.05) is 29.4 Å². The van der Waals surface area contributed by atoms with Crippen LogP contribution in [0.3, 0.4) is 0 Å². The highest BCUT2D eigenvalue weighted by atomic mass is 32.2. The third-order valence-electron chi connectivity index (χ3n) is 6.10. The van der Waals surface area contributed by atoms with Crippen LogP contribution in [0, 0.1) is 18.3 Å². The number of aryl methyl sites for hydroxylation is 1. The number of hydrogen-bond donors (Lipinski definition) is 1. The summed E-state index contributed by atoms with van der Waals surface area (Å²) in [4.78, 5) is 17.6. The fourth-order valence-corrected chi connectivity index (χ4v) is 4.91. The van der Waals surface area contributed by atoms with Crippen LogP contribution in [0.15, 0.2) is 77.8 Å². The number of carbonyl (C=O) groups is 1. The molecule has 4 rings (SSSR count). The zero-order valence-corrected chi connectivity index (χ0v) is 23.1. The van der Waals surface area contributed by atoms with E-state index in [1.54, 1.807) is 39.5 Å². The minimum absolute atomic E-state index is 0.183. The third kappa shape index (κ3) is 6.70. The summed E-state index contributed by atoms with van der Waals surface area (Å²) in [6, 6.07) is 25.2. The van der Waals surface area contributed by atoms with Crippen molar-refractivity contribution >= 4 is 23.4 Å². The van der Waals surface area contributed by atoms with Gasteiger partial charge >= 0.3 is 0 Å². The zero-order valence-electron chi connectivity index (χ0n) is 22.3. The number of amides is 1. The van der Waals surface area contributed by atoms with Gasteiger partial charge in [-0.05, 0) is 55.0 Å². The van der Waals surface area contributed by atoms with Crippen molar-refractivity contribution < 1.29 is 19.0 Å². The van der Waals surface area contributed by atoms with E-state index in [1.807, 2.05) is 61.5 Å². The van der Waals surface area contributed by atoms with E-state index in [9.17, 15) is 10.1 Å². The number of nitrogens with one attached hydrogen (secondary N) is 1. The summed E-state index contributed by atoms with van der Waals surface area (Å²) in [6.07, 6.45) is 0.213. The Balaban J connectivity index is 1.60. The summed E-state index contributed by atoms with van der Waals surface area (Å²) >= 11 is 1.38. The first kappa shape index (κ1) is 27.6. The van der Waals surface area contributed by atoms with Gasteiger partial charge in [-0.1, -0.05) is 29.8 Å². The van der Waals surface area contributed by atoms with E-state index in [-0.39, 0.29) is 12.3 Å². The molecule has 0 aliphatic carbocycles. The standard InChI is InChI=1S/C31H29N3O4S/c1-20-5-7-21(8-6-20)25-18-27(22-9-11-23(36-2)12-10-22)34-31(26(25)19-32)39-16-15-30(35)33-28-17-24(37-3)13-14-29(28)38-4/h5-14,17-18H,15-16H2,1-4H3,(H,33,35). The molecule has 0 spiro atoms. The Labute approximate surface area is 232 Å². The molecule has 198 valence electrons. The van der Waals surface area contributed by atoms with Crippen LogP contribution >= 0.6 is 11.8 Å². The fraction of sp³-hybridized carbons (Fsp3) is 0.194. The lowest BCUT2D eigenvalue weighted by Gasteiger charge is -2.14. The van der Waals surface area contributed by atoms with Gasteiger partial charge in [0.2, 0.25) is 5.91 Å². The maximum absolute atomic E-state index is 12.8. The summed E-state index contributed by atoms with van der Waals surface area (Å²) < 4.78 is 15.9. The Morgan fingerprint density at radius 1 is 0.897 bits per heavy atom. The second kappa shape index (κ2) is 12.9. The van der Waals surface area contributed by atoms with Crippen LogP contribution in [0.5, 0.6) is 17.2 Å². The van der Waals surface area contributed by atoms with Gasteiger partial charge in [-0.2, -0.15) is 5.26 Å². The number of carbonyl (C=O) groups excluding carboxylic acids is 1. The SMILES string of the molecule is COc1ccc(-c2cc(-c3ccc(C)cc3)c(C#N)c(SCCC(=O)Nc3cc(OC)ccc3OC)n2)cc1. The molecule has 8 heteroatoms. The van der Waals surface area contributed by atoms with Gasteiger partial charge in [-0.15, -0.1) is 11.8 Å². The molecule has 1 heterocycles. The molecule has 0 saturated heterocycles. The van der Waals surface area contributed by atoms with Gasteiger partial charge in [-0.3, -0.25) is 4.79 Å². The van der Waals surface area contributed by atoms with Crippen LogP contribution in [0.1, 0.15) is 17.5 Å². The van der Waals surface area contributed by atoms with E-state index in [0.29, 0.717) is 33.5 Å². The molecule has 1 amide bonds. The van der Waals surface area contributed by atoms with Crippen molar-refractivity contribution in [1.82, 2.24) is 4.98 Å². The number of anilines is 1. The Hall–Kier alpha value is -4.48. The summed E-state index contributed by atoms with van der Waals surface area (Å²) in [7, 11) is 4.73. The number of aromatic nitrogens is 1. The molecule has 4 aromatic rings. The molecule has 0 saturated carbocycles. The maximum Gasteiger partial charge on any atom is 0.225 e. The molecule has 0 aliphatic rings. The van der Waals surface area contributed by atoms with Crippen molar-refractivity contribution in [2.24, 2.45) is 0 Å². The van der Waals surface area contributed by atoms with E-state index < -0.39 is 0 Å². The van der Waals surface area contributed by atoms with E-state index in [1.165, 1.54) is 11.8 Å². The minimum Gasteiger partial charge on any atom is -0.497 e. The molecule has 0 fully saturated rings. The Kier molecular flexibility index (Phi) is 9.08. The molecule has 0 bridgehead atoms. The predicted molar refractivity (Wildman–Crippen MR) is 155 cm³/mol. The van der Waals surface area contributed by atoms with Gasteiger partial charge in [0.1, 0.15) is 28.3 Å². The smallest absolute Gasteiger partial charge is 0.225 e. The second-order valence-electron chi connectivity index (χ2n) is 8.65. The quantitative estimate of drug-likeness (QED) is 0.223. The monoisotopic (exact) mass is 539 g/mol. The lowest BCUT2D eigenvalue weighted by atomic mass is 9.98. The summed E-state index contributed by atoms with van der Waals surface area (Å²) in [5.74, 6) is 2.15. The largest absolute Gasteiger partial charge is 0.497 e. The molecule has 0 aliphatic heterocycles. The molecule has 0 unspecified atom stereocenters. The highest BCUT2D eigenvalue weighted by molar-refractivity contribution is 7.99. The number of pyridine rings is 1. The van der Waals surface area contributed by atoms with Crippen LogP contribution < -0.4 is 19.5 Å². The van der Waals surface area contributed by atoms with Gasteiger partial charge in [0.05, 0.1) is 38.3 Å². The topological polar surface area (TPSA) is 93.5 Å². The van der Waals surface area contributed by atoms with Gasteiger partial charge in [-0.25, -0.2) is 4.98 Å². The molecular weight excluding hydrogens is 510 g/mol. The second-order valence-corrected chi connectivity index (χ2v) is 9.74. The van der Waals surface area contributed by atoms with E-state index in [2.05, 4.69) is 11.4 Å². The highest BCUT2D eigenvalue weighted by Crippen LogP contribution is 2.35. The summed E-state index contributed by atoms with van der Waals surface area (Å²) in [6.45, 7) is 2.03. The number of thioether (sulfide) groups is 1. The number of rotatable bonds is 10. The summed E-state index contributed by atoms with van der Waals surface area (Å²) in [5, 5.41) is 13.6. The Morgan fingerprint density at radius 2 is 1.56 bits per heavy atom. The first-order valence-corrected chi connectivity index (χ1v) is 13.3. The van der Waals surface area contributed by atoms with Crippen LogP contribution in [-0.4, -0.2) is 38.0 Å². The first-order valence-electron chi connectivity index (χ1n) is 12.3. The van der Waals surface area contributed by atoms with Crippen molar-refractivity contribution in [3.8, 4) is 45.7 Å². The number of nitriles is 1. The number of ether oxygens (including phenoxy) is 3.